The van der Waals surface area contributed by atoms with Crippen molar-refractivity contribution < 1.29 is 4.79 Å². The topological polar surface area (TPSA) is 80.9 Å². The second-order valence-electron chi connectivity index (χ2n) is 5.55. The number of nitrogens with one attached hydrogen (secondary N) is 1. The van der Waals surface area contributed by atoms with Gasteiger partial charge >= 0.3 is 0 Å². The minimum absolute atomic E-state index is 0.143. The van der Waals surface area contributed by atoms with Crippen LogP contribution in [0.4, 0.5) is 0 Å². The molecule has 3 N–H and O–H groups in total. The number of hydrogen-bond acceptors (Lipinski definition) is 6. The van der Waals surface area contributed by atoms with Gasteiger partial charge in [-0.2, -0.15) is 0 Å². The molecule has 130 valence electrons. The second kappa shape index (κ2) is 8.33. The van der Waals surface area contributed by atoms with Crippen molar-refractivity contribution >= 4 is 28.6 Å². The van der Waals surface area contributed by atoms with Crippen LogP contribution in [0.5, 0.6) is 0 Å². The molecule has 1 amide bonds. The van der Waals surface area contributed by atoms with Crippen molar-refractivity contribution in [3.8, 4) is 11.3 Å². The van der Waals surface area contributed by atoms with Crippen molar-refractivity contribution in [2.24, 2.45) is 5.73 Å². The molecule has 1 aromatic carbocycles. The van der Waals surface area contributed by atoms with E-state index in [1.165, 1.54) is 16.2 Å². The van der Waals surface area contributed by atoms with Crippen LogP contribution in [0, 0.1) is 6.92 Å². The lowest BCUT2D eigenvalue weighted by atomic mass is 10.1. The zero-order chi connectivity index (χ0) is 17.6. The summed E-state index contributed by atoms with van der Waals surface area (Å²) in [6, 6.07) is 10.2. The van der Waals surface area contributed by atoms with Gasteiger partial charge in [0, 0.05) is 35.2 Å². The van der Waals surface area contributed by atoms with Gasteiger partial charge in [0.15, 0.2) is 0 Å². The maximum absolute atomic E-state index is 12.1. The Bertz CT molecular complexity index is 842. The number of nitrogens with zero attached hydrogens (tertiary/aromatic N) is 2. The lowest BCUT2D eigenvalue weighted by Crippen LogP contribution is -2.26. The summed E-state index contributed by atoms with van der Waals surface area (Å²) in [6.45, 7) is 3.17. The Morgan fingerprint density at radius 2 is 1.96 bits per heavy atom. The third-order valence-electron chi connectivity index (χ3n) is 3.66. The number of aryl methyl sites for hydroxylation is 1. The lowest BCUT2D eigenvalue weighted by molar-refractivity contribution is 0.0949. The first-order chi connectivity index (χ1) is 12.2. The van der Waals surface area contributed by atoms with Gasteiger partial charge in [-0.25, -0.2) is 9.97 Å². The highest BCUT2D eigenvalue weighted by Gasteiger charge is 2.12. The molecule has 3 aromatic rings. The number of nitrogens with two attached hydrogens (primary N) is 1. The van der Waals surface area contributed by atoms with E-state index in [0.717, 1.165) is 21.3 Å². The molecular formula is C18H20N4OS2. The van der Waals surface area contributed by atoms with E-state index in [4.69, 9.17) is 10.7 Å². The van der Waals surface area contributed by atoms with E-state index in [1.807, 2.05) is 18.2 Å². The van der Waals surface area contributed by atoms with Crippen LogP contribution in [0.25, 0.3) is 11.3 Å². The van der Waals surface area contributed by atoms with Crippen LogP contribution in [0.3, 0.4) is 0 Å². The molecule has 0 bridgehead atoms. The lowest BCUT2D eigenvalue weighted by Gasteiger charge is -2.01. The summed E-state index contributed by atoms with van der Waals surface area (Å²) in [5, 5.41) is 6.62. The van der Waals surface area contributed by atoms with Crippen LogP contribution >= 0.6 is 22.7 Å². The molecule has 0 fully saturated rings. The quantitative estimate of drug-likeness (QED) is 0.668. The van der Waals surface area contributed by atoms with E-state index in [1.54, 1.807) is 16.7 Å². The van der Waals surface area contributed by atoms with Crippen LogP contribution < -0.4 is 11.1 Å². The summed E-state index contributed by atoms with van der Waals surface area (Å²) in [5.41, 5.74) is 8.13. The molecule has 0 aliphatic heterocycles. The van der Waals surface area contributed by atoms with E-state index < -0.39 is 0 Å². The van der Waals surface area contributed by atoms with Crippen molar-refractivity contribution in [2.45, 2.75) is 19.8 Å². The van der Waals surface area contributed by atoms with E-state index >= 15 is 0 Å². The number of rotatable bonds is 7. The zero-order valence-corrected chi connectivity index (χ0v) is 15.6. The third kappa shape index (κ3) is 4.50. The number of amides is 1. The van der Waals surface area contributed by atoms with E-state index in [9.17, 15) is 4.79 Å². The van der Waals surface area contributed by atoms with Crippen LogP contribution in [0.1, 0.15) is 25.4 Å². The van der Waals surface area contributed by atoms with Crippen LogP contribution in [0.15, 0.2) is 35.7 Å². The Kier molecular flexibility index (Phi) is 5.91. The van der Waals surface area contributed by atoms with Crippen LogP contribution in [-0.4, -0.2) is 29.0 Å². The maximum Gasteiger partial charge on any atom is 0.270 e. The molecular weight excluding hydrogens is 352 g/mol. The van der Waals surface area contributed by atoms with Crippen molar-refractivity contribution in [1.82, 2.24) is 15.3 Å². The largest absolute Gasteiger partial charge is 0.350 e. The molecule has 0 saturated carbocycles. The van der Waals surface area contributed by atoms with Crippen LogP contribution in [0.2, 0.25) is 0 Å². The van der Waals surface area contributed by atoms with Crippen molar-refractivity contribution in [1.29, 1.82) is 0 Å². The van der Waals surface area contributed by atoms with Gasteiger partial charge in [-0.05, 0) is 13.5 Å². The minimum Gasteiger partial charge on any atom is -0.350 e. The molecule has 0 unspecified atom stereocenters. The predicted molar refractivity (Wildman–Crippen MR) is 103 cm³/mol. The van der Waals surface area contributed by atoms with Gasteiger partial charge in [0.05, 0.1) is 15.7 Å². The number of carbonyl (C=O) groups is 1. The van der Waals surface area contributed by atoms with Gasteiger partial charge in [0.1, 0.15) is 5.69 Å². The van der Waals surface area contributed by atoms with Gasteiger partial charge < -0.3 is 11.1 Å². The Labute approximate surface area is 155 Å². The number of benzene rings is 1. The van der Waals surface area contributed by atoms with E-state index in [2.05, 4.69) is 29.4 Å². The molecule has 0 atom stereocenters. The van der Waals surface area contributed by atoms with Gasteiger partial charge in [-0.1, -0.05) is 30.3 Å². The van der Waals surface area contributed by atoms with Gasteiger partial charge in [-0.15, -0.1) is 22.7 Å². The molecule has 7 heteroatoms. The zero-order valence-electron chi connectivity index (χ0n) is 14.0. The molecule has 0 aliphatic rings. The minimum atomic E-state index is -0.143. The molecule has 0 radical (unpaired) electrons. The highest BCUT2D eigenvalue weighted by Crippen LogP contribution is 2.27. The summed E-state index contributed by atoms with van der Waals surface area (Å²) in [4.78, 5) is 22.3. The van der Waals surface area contributed by atoms with E-state index in [0.29, 0.717) is 31.6 Å². The summed E-state index contributed by atoms with van der Waals surface area (Å²) in [5.74, 6) is -0.143. The smallest absolute Gasteiger partial charge is 0.270 e. The second-order valence-corrected chi connectivity index (χ2v) is 7.78. The highest BCUT2D eigenvalue weighted by atomic mass is 32.1. The van der Waals surface area contributed by atoms with Gasteiger partial charge in [0.2, 0.25) is 0 Å². The first-order valence-corrected chi connectivity index (χ1v) is 9.81. The number of hydrogen-bond donors (Lipinski definition) is 2. The Morgan fingerprint density at radius 3 is 2.72 bits per heavy atom. The van der Waals surface area contributed by atoms with Crippen molar-refractivity contribution in [2.75, 3.05) is 13.1 Å². The van der Waals surface area contributed by atoms with Gasteiger partial charge in [0.25, 0.3) is 5.91 Å². The first kappa shape index (κ1) is 17.7. The number of aromatic nitrogens is 2. The standard InChI is InChI=1S/C18H20N4OS2/c1-12-17(13-5-3-2-4-6-13)22-16(25-12)8-10-20-18(23)14-11-24-15(21-14)7-9-19/h2-6,11H,7-10,19H2,1H3,(H,20,23). The fraction of sp³-hybridized carbons (Fsp3) is 0.278. The summed E-state index contributed by atoms with van der Waals surface area (Å²) in [7, 11) is 0. The molecule has 0 spiro atoms. The average Bonchev–Trinajstić information content (AvgIpc) is 3.23. The number of thiazole rings is 2. The summed E-state index contributed by atoms with van der Waals surface area (Å²) in [6.07, 6.45) is 1.42. The van der Waals surface area contributed by atoms with Crippen molar-refractivity contribution in [3.63, 3.8) is 0 Å². The summed E-state index contributed by atoms with van der Waals surface area (Å²) < 4.78 is 0. The average molecular weight is 373 g/mol. The third-order valence-corrected chi connectivity index (χ3v) is 5.59. The molecule has 5 nitrogen and oxygen atoms in total. The van der Waals surface area contributed by atoms with E-state index in [-0.39, 0.29) is 5.91 Å². The van der Waals surface area contributed by atoms with Crippen molar-refractivity contribution in [3.05, 3.63) is 56.3 Å². The fourth-order valence-electron chi connectivity index (χ4n) is 2.45. The molecule has 2 aromatic heterocycles. The molecule has 0 aliphatic carbocycles. The number of carbonyl (C=O) groups excluding carboxylic acids is 1. The monoisotopic (exact) mass is 372 g/mol. The first-order valence-electron chi connectivity index (χ1n) is 8.11. The molecule has 0 saturated heterocycles. The van der Waals surface area contributed by atoms with Crippen LogP contribution in [-0.2, 0) is 12.8 Å². The van der Waals surface area contributed by atoms with Gasteiger partial charge in [-0.3, -0.25) is 4.79 Å². The highest BCUT2D eigenvalue weighted by molar-refractivity contribution is 7.12. The SMILES string of the molecule is Cc1sc(CCNC(=O)c2csc(CCN)n2)nc1-c1ccccc1. The molecule has 2 heterocycles. The molecule has 25 heavy (non-hydrogen) atoms. The fourth-order valence-corrected chi connectivity index (χ4v) is 4.20. The maximum atomic E-state index is 12.1. The normalized spacial score (nSPS) is 10.8. The Morgan fingerprint density at radius 1 is 1.16 bits per heavy atom. The molecule has 3 rings (SSSR count). The Hall–Kier alpha value is -2.09. The summed E-state index contributed by atoms with van der Waals surface area (Å²) >= 11 is 3.15. The Balaban J connectivity index is 1.56. The predicted octanol–water partition coefficient (Wildman–Crippen LogP) is 3.05.